The highest BCUT2D eigenvalue weighted by Crippen LogP contribution is 1.99. The van der Waals surface area contributed by atoms with E-state index in [9.17, 15) is 9.59 Å². The van der Waals surface area contributed by atoms with Gasteiger partial charge in [0, 0.05) is 38.6 Å². The summed E-state index contributed by atoms with van der Waals surface area (Å²) < 4.78 is 1.70. The smallest absolute Gasteiger partial charge is 0.284 e. The van der Waals surface area contributed by atoms with Crippen molar-refractivity contribution in [2.24, 2.45) is 5.73 Å². The lowest BCUT2D eigenvalue weighted by molar-refractivity contribution is -0.124. The molecule has 1 aromatic rings. The number of nitrogens with one attached hydrogen (secondary N) is 1. The van der Waals surface area contributed by atoms with Gasteiger partial charge in [-0.15, -0.1) is 0 Å². The molecule has 7 heteroatoms. The summed E-state index contributed by atoms with van der Waals surface area (Å²) in [6.45, 7) is 3.20. The molecule has 0 radical (unpaired) electrons. The molecular formula is C10H15N5O2. The maximum atomic E-state index is 11.2. The Balaban J connectivity index is 1.91. The van der Waals surface area contributed by atoms with Crippen LogP contribution in [-0.4, -0.2) is 52.4 Å². The van der Waals surface area contributed by atoms with Gasteiger partial charge in [-0.2, -0.15) is 0 Å². The Labute approximate surface area is 98.6 Å². The highest BCUT2D eigenvalue weighted by molar-refractivity contribution is 5.89. The molecule has 0 saturated carbocycles. The van der Waals surface area contributed by atoms with Crippen LogP contribution in [0.5, 0.6) is 0 Å². The average Bonchev–Trinajstić information content (AvgIpc) is 2.74. The number of imidazole rings is 1. The molecule has 0 spiro atoms. The molecule has 3 N–H and O–H groups in total. The number of primary amides is 1. The molecule has 0 unspecified atom stereocenters. The highest BCUT2D eigenvalue weighted by atomic mass is 16.2. The Kier molecular flexibility index (Phi) is 3.38. The van der Waals surface area contributed by atoms with E-state index in [2.05, 4.69) is 10.3 Å². The van der Waals surface area contributed by atoms with E-state index in [4.69, 9.17) is 5.73 Å². The third kappa shape index (κ3) is 2.82. The maximum absolute atomic E-state index is 11.2. The van der Waals surface area contributed by atoms with Crippen LogP contribution >= 0.6 is 0 Å². The second kappa shape index (κ2) is 4.96. The van der Waals surface area contributed by atoms with Crippen molar-refractivity contribution in [3.63, 3.8) is 0 Å². The first-order valence-corrected chi connectivity index (χ1v) is 5.47. The third-order valence-electron chi connectivity index (χ3n) is 2.71. The van der Waals surface area contributed by atoms with Gasteiger partial charge in [0.2, 0.25) is 5.91 Å². The van der Waals surface area contributed by atoms with Crippen molar-refractivity contribution in [1.82, 2.24) is 19.8 Å². The average molecular weight is 237 g/mol. The monoisotopic (exact) mass is 237 g/mol. The molecule has 7 nitrogen and oxygen atoms in total. The van der Waals surface area contributed by atoms with E-state index in [1.807, 2.05) is 4.90 Å². The number of rotatable bonds is 4. The summed E-state index contributed by atoms with van der Waals surface area (Å²) in [6.07, 6.45) is 3.26. The summed E-state index contributed by atoms with van der Waals surface area (Å²) in [5, 5.41) is 2.76. The zero-order chi connectivity index (χ0) is 12.3. The first-order valence-electron chi connectivity index (χ1n) is 5.47. The van der Waals surface area contributed by atoms with E-state index >= 15 is 0 Å². The molecule has 1 aromatic heterocycles. The summed E-state index contributed by atoms with van der Waals surface area (Å²) in [5.41, 5.74) is 5.19. The van der Waals surface area contributed by atoms with Crippen LogP contribution in [0.2, 0.25) is 0 Å². The molecule has 0 atom stereocenters. The van der Waals surface area contributed by atoms with Crippen LogP contribution < -0.4 is 11.1 Å². The van der Waals surface area contributed by atoms with E-state index in [1.54, 1.807) is 17.0 Å². The third-order valence-corrected chi connectivity index (χ3v) is 2.71. The molecule has 2 rings (SSSR count). The van der Waals surface area contributed by atoms with Gasteiger partial charge in [-0.25, -0.2) is 4.98 Å². The molecule has 1 aliphatic heterocycles. The van der Waals surface area contributed by atoms with E-state index in [0.29, 0.717) is 26.2 Å². The molecule has 17 heavy (non-hydrogen) atoms. The number of aromatic nitrogens is 2. The lowest BCUT2D eigenvalue weighted by atomic mass is 10.3. The highest BCUT2D eigenvalue weighted by Gasteiger charge is 2.16. The van der Waals surface area contributed by atoms with Gasteiger partial charge in [-0.1, -0.05) is 0 Å². The van der Waals surface area contributed by atoms with E-state index in [-0.39, 0.29) is 11.7 Å². The van der Waals surface area contributed by atoms with Crippen molar-refractivity contribution in [3.8, 4) is 0 Å². The molecule has 92 valence electrons. The van der Waals surface area contributed by atoms with Gasteiger partial charge in [0.15, 0.2) is 5.82 Å². The van der Waals surface area contributed by atoms with Gasteiger partial charge < -0.3 is 15.6 Å². The quantitative estimate of drug-likeness (QED) is 0.660. The van der Waals surface area contributed by atoms with Gasteiger partial charge in [-0.3, -0.25) is 14.5 Å². The predicted octanol–water partition coefficient (Wildman–Crippen LogP) is -1.59. The summed E-state index contributed by atoms with van der Waals surface area (Å²) in [7, 11) is 0. The van der Waals surface area contributed by atoms with Crippen molar-refractivity contribution < 1.29 is 9.59 Å². The largest absolute Gasteiger partial charge is 0.363 e. The Morgan fingerprint density at radius 3 is 3.06 bits per heavy atom. The zero-order valence-electron chi connectivity index (χ0n) is 9.43. The Bertz CT molecular complexity index is 428. The van der Waals surface area contributed by atoms with Gasteiger partial charge >= 0.3 is 0 Å². The fourth-order valence-corrected chi connectivity index (χ4v) is 1.85. The summed E-state index contributed by atoms with van der Waals surface area (Å²) in [6, 6.07) is 0. The molecule has 2 amide bonds. The van der Waals surface area contributed by atoms with Crippen LogP contribution in [0, 0.1) is 0 Å². The van der Waals surface area contributed by atoms with Gasteiger partial charge in [-0.05, 0) is 0 Å². The van der Waals surface area contributed by atoms with Crippen LogP contribution in [0.25, 0.3) is 0 Å². The molecule has 2 heterocycles. The van der Waals surface area contributed by atoms with Crippen LogP contribution in [-0.2, 0) is 11.3 Å². The number of hydrogen-bond acceptors (Lipinski definition) is 4. The predicted molar refractivity (Wildman–Crippen MR) is 60.2 cm³/mol. The molecule has 0 aliphatic carbocycles. The number of piperazine rings is 1. The Morgan fingerprint density at radius 1 is 1.53 bits per heavy atom. The van der Waals surface area contributed by atoms with Crippen molar-refractivity contribution in [3.05, 3.63) is 18.2 Å². The number of nitrogens with zero attached hydrogens (tertiary/aromatic N) is 3. The summed E-state index contributed by atoms with van der Waals surface area (Å²) in [5.74, 6) is -0.241. The SMILES string of the molecule is NC(=O)c1nccn1CCN1CCNC(=O)C1. The zero-order valence-corrected chi connectivity index (χ0v) is 9.43. The topological polar surface area (TPSA) is 93.2 Å². The van der Waals surface area contributed by atoms with Gasteiger partial charge in [0.05, 0.1) is 6.54 Å². The molecule has 1 aliphatic rings. The standard InChI is InChI=1S/C10H15N5O2/c11-9(17)10-13-2-4-15(10)6-5-14-3-1-12-8(16)7-14/h2,4H,1,3,5-7H2,(H2,11,17)(H,12,16). The fraction of sp³-hybridized carbons (Fsp3) is 0.500. The second-order valence-corrected chi connectivity index (χ2v) is 3.93. The van der Waals surface area contributed by atoms with Crippen LogP contribution in [0.4, 0.5) is 0 Å². The lowest BCUT2D eigenvalue weighted by Gasteiger charge is -2.26. The second-order valence-electron chi connectivity index (χ2n) is 3.93. The van der Waals surface area contributed by atoms with Crippen molar-refractivity contribution in [1.29, 1.82) is 0 Å². The summed E-state index contributed by atoms with van der Waals surface area (Å²) >= 11 is 0. The molecular weight excluding hydrogens is 222 g/mol. The minimum Gasteiger partial charge on any atom is -0.363 e. The minimum atomic E-state index is -0.536. The molecule has 1 fully saturated rings. The number of nitrogens with two attached hydrogens (primary N) is 1. The fourth-order valence-electron chi connectivity index (χ4n) is 1.85. The van der Waals surface area contributed by atoms with Crippen LogP contribution in [0.1, 0.15) is 10.6 Å². The first-order chi connectivity index (χ1) is 8.16. The van der Waals surface area contributed by atoms with Crippen LogP contribution in [0.15, 0.2) is 12.4 Å². The van der Waals surface area contributed by atoms with E-state index in [1.165, 1.54) is 0 Å². The number of hydrogen-bond donors (Lipinski definition) is 2. The maximum Gasteiger partial charge on any atom is 0.284 e. The molecule has 0 bridgehead atoms. The first kappa shape index (κ1) is 11.6. The number of amides is 2. The number of carbonyl (C=O) groups is 2. The lowest BCUT2D eigenvalue weighted by Crippen LogP contribution is -2.48. The van der Waals surface area contributed by atoms with Crippen molar-refractivity contribution >= 4 is 11.8 Å². The number of carbonyl (C=O) groups excluding carboxylic acids is 2. The van der Waals surface area contributed by atoms with Gasteiger partial charge in [0.1, 0.15) is 0 Å². The van der Waals surface area contributed by atoms with E-state index < -0.39 is 5.91 Å². The minimum absolute atomic E-state index is 0.0389. The van der Waals surface area contributed by atoms with Crippen molar-refractivity contribution in [2.75, 3.05) is 26.2 Å². The molecule has 1 saturated heterocycles. The Hall–Kier alpha value is -1.89. The normalized spacial score (nSPS) is 16.8. The summed E-state index contributed by atoms with van der Waals surface area (Å²) in [4.78, 5) is 28.1. The van der Waals surface area contributed by atoms with Crippen molar-refractivity contribution in [2.45, 2.75) is 6.54 Å². The Morgan fingerprint density at radius 2 is 2.35 bits per heavy atom. The van der Waals surface area contributed by atoms with E-state index in [0.717, 1.165) is 6.54 Å². The molecule has 0 aromatic carbocycles. The van der Waals surface area contributed by atoms with Gasteiger partial charge in [0.25, 0.3) is 5.91 Å². The van der Waals surface area contributed by atoms with Crippen LogP contribution in [0.3, 0.4) is 0 Å².